The maximum Gasteiger partial charge on any atom is 0.416 e. The average Bonchev–Trinajstić information content (AvgIpc) is 3.42. The molecule has 0 unspecified atom stereocenters. The number of aromatic nitrogens is 6. The second kappa shape index (κ2) is 9.52. The van der Waals surface area contributed by atoms with Gasteiger partial charge in [0.05, 0.1) is 29.0 Å². The van der Waals surface area contributed by atoms with Gasteiger partial charge in [-0.05, 0) is 31.0 Å². The number of alkyl halides is 3. The molecule has 7 nitrogen and oxygen atoms in total. The van der Waals surface area contributed by atoms with Crippen LogP contribution in [0.5, 0.6) is 0 Å². The van der Waals surface area contributed by atoms with Crippen molar-refractivity contribution in [1.29, 1.82) is 0 Å². The summed E-state index contributed by atoms with van der Waals surface area (Å²) >= 11 is 0. The van der Waals surface area contributed by atoms with E-state index in [-0.39, 0.29) is 36.3 Å². The molecule has 1 aliphatic rings. The number of benzene rings is 1. The first-order valence-electron chi connectivity index (χ1n) is 9.70. The third-order valence-electron chi connectivity index (χ3n) is 5.54. The molecule has 33 heavy (non-hydrogen) atoms. The van der Waals surface area contributed by atoms with E-state index in [0.29, 0.717) is 23.2 Å². The minimum absolute atomic E-state index is 0. The third-order valence-corrected chi connectivity index (χ3v) is 5.54. The number of fused-ring (bicyclic) bond motifs is 1. The van der Waals surface area contributed by atoms with Crippen molar-refractivity contribution in [2.24, 2.45) is 0 Å². The molecule has 176 valence electrons. The van der Waals surface area contributed by atoms with Crippen LogP contribution in [0, 0.1) is 5.82 Å². The molecule has 5 rings (SSSR count). The summed E-state index contributed by atoms with van der Waals surface area (Å²) in [5.74, 6) is 0.674. The van der Waals surface area contributed by atoms with E-state index in [1.807, 2.05) is 0 Å². The number of nitrogens with one attached hydrogen (secondary N) is 2. The first-order valence-corrected chi connectivity index (χ1v) is 9.70. The molecule has 13 heteroatoms. The van der Waals surface area contributed by atoms with Gasteiger partial charge in [0.1, 0.15) is 23.8 Å². The smallest absolute Gasteiger partial charge is 0.356 e. The van der Waals surface area contributed by atoms with Gasteiger partial charge in [0.2, 0.25) is 0 Å². The zero-order valence-corrected chi connectivity index (χ0v) is 18.6. The number of rotatable bonds is 3. The second-order valence-corrected chi connectivity index (χ2v) is 7.50. The van der Waals surface area contributed by atoms with Crippen molar-refractivity contribution in [3.05, 3.63) is 54.1 Å². The van der Waals surface area contributed by atoms with E-state index >= 15 is 0 Å². The van der Waals surface area contributed by atoms with Crippen LogP contribution in [0.4, 0.5) is 23.4 Å². The lowest BCUT2D eigenvalue weighted by atomic mass is 9.96. The zero-order chi connectivity index (χ0) is 21.6. The molecular formula is C20H19Cl2F4N7. The summed E-state index contributed by atoms with van der Waals surface area (Å²) < 4.78 is 52.7. The Kier molecular flexibility index (Phi) is 7.13. The molecule has 0 atom stereocenters. The van der Waals surface area contributed by atoms with Gasteiger partial charge in [0.15, 0.2) is 5.65 Å². The maximum atomic E-state index is 13.7. The zero-order valence-electron chi connectivity index (χ0n) is 16.9. The topological polar surface area (TPSA) is 86.4 Å². The quantitative estimate of drug-likeness (QED) is 0.378. The SMILES string of the molecule is Cl.Cl.Fc1cc(-c2cnc(C3CCN(c4ncnc5[nH]ncc45)CC3)[nH]2)cc(C(F)(F)F)c1. The Balaban J connectivity index is 0.00000153. The molecule has 4 heterocycles. The summed E-state index contributed by atoms with van der Waals surface area (Å²) in [5, 5.41) is 7.70. The summed E-state index contributed by atoms with van der Waals surface area (Å²) in [6, 6.07) is 2.48. The van der Waals surface area contributed by atoms with E-state index in [1.54, 1.807) is 6.20 Å². The predicted octanol–water partition coefficient (Wildman–Crippen LogP) is 5.13. The monoisotopic (exact) mass is 503 g/mol. The van der Waals surface area contributed by atoms with Gasteiger partial charge >= 0.3 is 6.18 Å². The lowest BCUT2D eigenvalue weighted by Crippen LogP contribution is -2.33. The van der Waals surface area contributed by atoms with Gasteiger partial charge in [0.25, 0.3) is 0 Å². The molecule has 0 aliphatic carbocycles. The van der Waals surface area contributed by atoms with Crippen LogP contribution in [-0.2, 0) is 6.18 Å². The van der Waals surface area contributed by atoms with Crippen LogP contribution in [0.2, 0.25) is 0 Å². The van der Waals surface area contributed by atoms with Crippen LogP contribution in [0.1, 0.15) is 30.1 Å². The van der Waals surface area contributed by atoms with Crippen LogP contribution in [0.25, 0.3) is 22.3 Å². The Morgan fingerprint density at radius 1 is 0.970 bits per heavy atom. The van der Waals surface area contributed by atoms with Crippen molar-refractivity contribution in [2.75, 3.05) is 18.0 Å². The van der Waals surface area contributed by atoms with Crippen molar-refractivity contribution >= 4 is 41.7 Å². The van der Waals surface area contributed by atoms with Gasteiger partial charge < -0.3 is 9.88 Å². The van der Waals surface area contributed by atoms with Gasteiger partial charge in [0, 0.05) is 24.6 Å². The number of piperidine rings is 1. The van der Waals surface area contributed by atoms with Crippen LogP contribution >= 0.6 is 24.8 Å². The Bertz CT molecular complexity index is 1230. The molecule has 0 spiro atoms. The van der Waals surface area contributed by atoms with Gasteiger partial charge in [-0.3, -0.25) is 5.10 Å². The number of hydrogen-bond acceptors (Lipinski definition) is 5. The first-order chi connectivity index (χ1) is 14.9. The van der Waals surface area contributed by atoms with Crippen molar-refractivity contribution in [3.63, 3.8) is 0 Å². The van der Waals surface area contributed by atoms with Crippen LogP contribution < -0.4 is 4.90 Å². The number of halogens is 6. The standard InChI is InChI=1S/C20H17F4N7.2ClH/c21-14-6-12(5-13(7-14)20(22,23)24)16-9-25-17(29-16)11-1-3-31(4-2-11)19-15-8-28-30-18(15)26-10-27-19;;/h5-11H,1-4H2,(H,25,29)(H,26,27,28,30);2*1H. The van der Waals surface area contributed by atoms with E-state index in [1.165, 1.54) is 12.5 Å². The maximum absolute atomic E-state index is 13.7. The summed E-state index contributed by atoms with van der Waals surface area (Å²) in [6.07, 6.45) is 1.60. The highest BCUT2D eigenvalue weighted by Gasteiger charge is 2.32. The summed E-state index contributed by atoms with van der Waals surface area (Å²) in [4.78, 5) is 18.1. The Labute approximate surface area is 197 Å². The lowest BCUT2D eigenvalue weighted by molar-refractivity contribution is -0.137. The number of imidazole rings is 1. The fourth-order valence-corrected chi connectivity index (χ4v) is 3.97. The minimum atomic E-state index is -4.62. The van der Waals surface area contributed by atoms with Crippen molar-refractivity contribution in [2.45, 2.75) is 24.9 Å². The number of aromatic amines is 2. The molecule has 1 saturated heterocycles. The summed E-state index contributed by atoms with van der Waals surface area (Å²) in [6.45, 7) is 1.46. The molecule has 1 fully saturated rings. The van der Waals surface area contributed by atoms with E-state index < -0.39 is 17.6 Å². The molecule has 1 aliphatic heterocycles. The van der Waals surface area contributed by atoms with Gasteiger partial charge in [-0.2, -0.15) is 18.3 Å². The van der Waals surface area contributed by atoms with E-state index in [9.17, 15) is 17.6 Å². The first kappa shape index (κ1) is 24.7. The number of anilines is 1. The Morgan fingerprint density at radius 3 is 2.45 bits per heavy atom. The van der Waals surface area contributed by atoms with Gasteiger partial charge in [-0.25, -0.2) is 19.3 Å². The Morgan fingerprint density at radius 2 is 1.73 bits per heavy atom. The predicted molar refractivity (Wildman–Crippen MR) is 119 cm³/mol. The van der Waals surface area contributed by atoms with Gasteiger partial charge in [-0.1, -0.05) is 0 Å². The van der Waals surface area contributed by atoms with Crippen molar-refractivity contribution < 1.29 is 17.6 Å². The highest BCUT2D eigenvalue weighted by atomic mass is 35.5. The van der Waals surface area contributed by atoms with Crippen molar-refractivity contribution in [3.8, 4) is 11.3 Å². The minimum Gasteiger partial charge on any atom is -0.356 e. The van der Waals surface area contributed by atoms with E-state index in [0.717, 1.165) is 49.3 Å². The third kappa shape index (κ3) is 4.88. The second-order valence-electron chi connectivity index (χ2n) is 7.50. The lowest BCUT2D eigenvalue weighted by Gasteiger charge is -2.32. The molecule has 0 saturated carbocycles. The summed E-state index contributed by atoms with van der Waals surface area (Å²) in [5.41, 5.74) is 0.128. The van der Waals surface area contributed by atoms with Crippen LogP contribution in [-0.4, -0.2) is 43.2 Å². The number of H-pyrrole nitrogens is 2. The van der Waals surface area contributed by atoms with E-state index in [4.69, 9.17) is 0 Å². The normalized spacial score (nSPS) is 14.7. The fraction of sp³-hybridized carbons (Fsp3) is 0.300. The highest BCUT2D eigenvalue weighted by Crippen LogP contribution is 2.34. The largest absolute Gasteiger partial charge is 0.416 e. The molecule has 2 N–H and O–H groups in total. The molecule has 3 aromatic heterocycles. The fourth-order valence-electron chi connectivity index (χ4n) is 3.97. The molecular weight excluding hydrogens is 485 g/mol. The Hall–Kier alpha value is -2.92. The van der Waals surface area contributed by atoms with Crippen molar-refractivity contribution in [1.82, 2.24) is 30.1 Å². The average molecular weight is 504 g/mol. The number of nitrogens with zero attached hydrogens (tertiary/aromatic N) is 5. The van der Waals surface area contributed by atoms with E-state index in [2.05, 4.69) is 35.0 Å². The van der Waals surface area contributed by atoms with Gasteiger partial charge in [-0.15, -0.1) is 24.8 Å². The summed E-state index contributed by atoms with van der Waals surface area (Å²) in [7, 11) is 0. The molecule has 0 bridgehead atoms. The van der Waals surface area contributed by atoms with Crippen LogP contribution in [0.15, 0.2) is 36.9 Å². The van der Waals surface area contributed by atoms with Crippen LogP contribution in [0.3, 0.4) is 0 Å². The number of hydrogen-bond donors (Lipinski definition) is 2. The molecule has 4 aromatic rings. The molecule has 1 aromatic carbocycles. The molecule has 0 radical (unpaired) electrons. The highest BCUT2D eigenvalue weighted by molar-refractivity contribution is 5.86. The molecule has 0 amide bonds.